The van der Waals surface area contributed by atoms with E-state index in [4.69, 9.17) is 11.6 Å². The van der Waals surface area contributed by atoms with Crippen LogP contribution in [0, 0.1) is 5.92 Å². The lowest BCUT2D eigenvalue weighted by Crippen LogP contribution is -2.26. The third-order valence-corrected chi connectivity index (χ3v) is 3.92. The highest BCUT2D eigenvalue weighted by molar-refractivity contribution is 6.30. The molecular weight excluding hydrogens is 246 g/mol. The van der Waals surface area contributed by atoms with E-state index < -0.39 is 0 Å². The van der Waals surface area contributed by atoms with Crippen LogP contribution in [0.2, 0.25) is 5.02 Å². The van der Waals surface area contributed by atoms with E-state index in [0.29, 0.717) is 10.6 Å². The van der Waals surface area contributed by atoms with Gasteiger partial charge in [0.25, 0.3) is 5.91 Å². The van der Waals surface area contributed by atoms with Crippen LogP contribution in [0.5, 0.6) is 0 Å². The van der Waals surface area contributed by atoms with Crippen LogP contribution in [0.1, 0.15) is 48.9 Å². The summed E-state index contributed by atoms with van der Waals surface area (Å²) in [5.74, 6) is 0.812. The van der Waals surface area contributed by atoms with Gasteiger partial charge in [0.05, 0.1) is 0 Å². The molecule has 3 heteroatoms. The number of halogens is 1. The Morgan fingerprint density at radius 1 is 1.17 bits per heavy atom. The zero-order valence-corrected chi connectivity index (χ0v) is 11.4. The zero-order valence-electron chi connectivity index (χ0n) is 10.6. The van der Waals surface area contributed by atoms with Crippen LogP contribution in [0.15, 0.2) is 24.3 Å². The first-order chi connectivity index (χ1) is 8.75. The normalized spacial score (nSPS) is 16.5. The molecule has 1 fully saturated rings. The predicted molar refractivity (Wildman–Crippen MR) is 75.0 cm³/mol. The van der Waals surface area contributed by atoms with Crippen molar-refractivity contribution in [3.05, 3.63) is 34.9 Å². The topological polar surface area (TPSA) is 29.1 Å². The highest BCUT2D eigenvalue weighted by Crippen LogP contribution is 2.25. The number of rotatable bonds is 4. The molecule has 0 unspecified atom stereocenters. The maximum Gasteiger partial charge on any atom is 0.251 e. The van der Waals surface area contributed by atoms with Gasteiger partial charge in [-0.25, -0.2) is 0 Å². The molecule has 1 aliphatic rings. The van der Waals surface area contributed by atoms with Crippen molar-refractivity contribution in [1.29, 1.82) is 0 Å². The van der Waals surface area contributed by atoms with E-state index in [1.807, 2.05) is 0 Å². The molecule has 0 aromatic heterocycles. The van der Waals surface area contributed by atoms with Crippen molar-refractivity contribution in [2.24, 2.45) is 5.92 Å². The van der Waals surface area contributed by atoms with Gasteiger partial charge in [-0.3, -0.25) is 4.79 Å². The van der Waals surface area contributed by atoms with Crippen molar-refractivity contribution in [2.75, 3.05) is 6.54 Å². The summed E-state index contributed by atoms with van der Waals surface area (Å²) >= 11 is 5.79. The number of benzene rings is 1. The fourth-order valence-electron chi connectivity index (χ4n) is 2.57. The maximum absolute atomic E-state index is 11.8. The van der Waals surface area contributed by atoms with E-state index in [2.05, 4.69) is 5.32 Å². The van der Waals surface area contributed by atoms with E-state index in [1.165, 1.54) is 32.1 Å². The van der Waals surface area contributed by atoms with Crippen LogP contribution in [-0.4, -0.2) is 12.5 Å². The summed E-state index contributed by atoms with van der Waals surface area (Å²) in [6.07, 6.45) is 7.87. The minimum Gasteiger partial charge on any atom is -0.352 e. The monoisotopic (exact) mass is 265 g/mol. The summed E-state index contributed by atoms with van der Waals surface area (Å²) in [4.78, 5) is 11.8. The number of hydrogen-bond acceptors (Lipinski definition) is 1. The second-order valence-corrected chi connectivity index (χ2v) is 5.49. The van der Waals surface area contributed by atoms with Crippen LogP contribution in [-0.2, 0) is 0 Å². The average Bonchev–Trinajstić information content (AvgIpc) is 2.40. The number of hydrogen-bond donors (Lipinski definition) is 1. The quantitative estimate of drug-likeness (QED) is 0.875. The third-order valence-electron chi connectivity index (χ3n) is 3.67. The number of carbonyl (C=O) groups excluding carboxylic acids is 1. The van der Waals surface area contributed by atoms with Crippen molar-refractivity contribution in [3.8, 4) is 0 Å². The third kappa shape index (κ3) is 4.02. The molecule has 98 valence electrons. The van der Waals surface area contributed by atoms with Crippen LogP contribution in [0.25, 0.3) is 0 Å². The molecule has 1 saturated carbocycles. The Balaban J connectivity index is 1.72. The second kappa shape index (κ2) is 6.79. The van der Waals surface area contributed by atoms with E-state index in [0.717, 1.165) is 18.9 Å². The van der Waals surface area contributed by atoms with Crippen LogP contribution < -0.4 is 5.32 Å². The van der Waals surface area contributed by atoms with Gasteiger partial charge in [-0.05, 0) is 36.6 Å². The van der Waals surface area contributed by atoms with Crippen molar-refractivity contribution in [2.45, 2.75) is 38.5 Å². The van der Waals surface area contributed by atoms with Gasteiger partial charge in [0, 0.05) is 17.1 Å². The predicted octanol–water partition coefficient (Wildman–Crippen LogP) is 4.04. The Hall–Kier alpha value is -1.02. The minimum absolute atomic E-state index is 0.00229. The molecule has 0 aliphatic heterocycles. The summed E-state index contributed by atoms with van der Waals surface area (Å²) < 4.78 is 0. The molecule has 1 amide bonds. The molecule has 2 nitrogen and oxygen atoms in total. The number of amides is 1. The van der Waals surface area contributed by atoms with Crippen LogP contribution >= 0.6 is 11.6 Å². The molecular formula is C15H20ClNO. The van der Waals surface area contributed by atoms with E-state index in [9.17, 15) is 4.79 Å². The smallest absolute Gasteiger partial charge is 0.251 e. The standard InChI is InChI=1S/C15H20ClNO/c16-14-8-6-13(7-9-14)15(18)17-11-10-12-4-2-1-3-5-12/h6-9,12H,1-5,10-11H2,(H,17,18). The molecule has 0 heterocycles. The average molecular weight is 266 g/mol. The molecule has 0 bridgehead atoms. The number of carbonyl (C=O) groups is 1. The highest BCUT2D eigenvalue weighted by atomic mass is 35.5. The largest absolute Gasteiger partial charge is 0.352 e. The molecule has 1 N–H and O–H groups in total. The molecule has 1 aromatic carbocycles. The Morgan fingerprint density at radius 2 is 1.83 bits per heavy atom. The van der Waals surface area contributed by atoms with Gasteiger partial charge >= 0.3 is 0 Å². The first-order valence-electron chi connectivity index (χ1n) is 6.79. The molecule has 1 aliphatic carbocycles. The van der Waals surface area contributed by atoms with E-state index >= 15 is 0 Å². The van der Waals surface area contributed by atoms with Crippen LogP contribution in [0.3, 0.4) is 0 Å². The van der Waals surface area contributed by atoms with E-state index in [-0.39, 0.29) is 5.91 Å². The minimum atomic E-state index is 0.00229. The SMILES string of the molecule is O=C(NCCC1CCCCC1)c1ccc(Cl)cc1. The van der Waals surface area contributed by atoms with Crippen molar-refractivity contribution in [3.63, 3.8) is 0 Å². The number of nitrogens with one attached hydrogen (secondary N) is 1. The molecule has 0 saturated heterocycles. The van der Waals surface area contributed by atoms with Gasteiger partial charge in [-0.2, -0.15) is 0 Å². The molecule has 0 spiro atoms. The lowest BCUT2D eigenvalue weighted by atomic mass is 9.87. The maximum atomic E-state index is 11.8. The summed E-state index contributed by atoms with van der Waals surface area (Å²) in [5, 5.41) is 3.64. The van der Waals surface area contributed by atoms with E-state index in [1.54, 1.807) is 24.3 Å². The lowest BCUT2D eigenvalue weighted by Gasteiger charge is -2.21. The Kier molecular flexibility index (Phi) is 5.06. The first kappa shape index (κ1) is 13.4. The molecule has 0 atom stereocenters. The summed E-state index contributed by atoms with van der Waals surface area (Å²) in [6, 6.07) is 7.02. The highest BCUT2D eigenvalue weighted by Gasteiger charge is 2.13. The van der Waals surface area contributed by atoms with Gasteiger partial charge in [0.1, 0.15) is 0 Å². The first-order valence-corrected chi connectivity index (χ1v) is 7.17. The van der Waals surface area contributed by atoms with Gasteiger partial charge in [-0.15, -0.1) is 0 Å². The summed E-state index contributed by atoms with van der Waals surface area (Å²) in [7, 11) is 0. The Bertz CT molecular complexity index is 382. The second-order valence-electron chi connectivity index (χ2n) is 5.06. The van der Waals surface area contributed by atoms with Gasteiger partial charge in [0.2, 0.25) is 0 Å². The van der Waals surface area contributed by atoms with Crippen molar-refractivity contribution >= 4 is 17.5 Å². The van der Waals surface area contributed by atoms with Crippen molar-refractivity contribution in [1.82, 2.24) is 5.32 Å². The summed E-state index contributed by atoms with van der Waals surface area (Å²) in [6.45, 7) is 0.784. The van der Waals surface area contributed by atoms with Gasteiger partial charge in [0.15, 0.2) is 0 Å². The van der Waals surface area contributed by atoms with Crippen LogP contribution in [0.4, 0.5) is 0 Å². The van der Waals surface area contributed by atoms with Crippen molar-refractivity contribution < 1.29 is 4.79 Å². The fourth-order valence-corrected chi connectivity index (χ4v) is 2.69. The fraction of sp³-hybridized carbons (Fsp3) is 0.533. The Morgan fingerprint density at radius 3 is 2.50 bits per heavy atom. The Labute approximate surface area is 114 Å². The molecule has 2 rings (SSSR count). The van der Waals surface area contributed by atoms with Gasteiger partial charge < -0.3 is 5.32 Å². The van der Waals surface area contributed by atoms with Gasteiger partial charge in [-0.1, -0.05) is 43.7 Å². The molecule has 18 heavy (non-hydrogen) atoms. The molecule has 0 radical (unpaired) electrons. The zero-order chi connectivity index (χ0) is 12.8. The summed E-state index contributed by atoms with van der Waals surface area (Å²) in [5.41, 5.74) is 0.683. The lowest BCUT2D eigenvalue weighted by molar-refractivity contribution is 0.0950. The molecule has 1 aromatic rings.